The zero-order valence-electron chi connectivity index (χ0n) is 9.56. The van der Waals surface area contributed by atoms with E-state index in [-0.39, 0.29) is 0 Å². The van der Waals surface area contributed by atoms with Gasteiger partial charge in [-0.15, -0.1) is 11.6 Å². The molecule has 0 aliphatic rings. The third-order valence-corrected chi connectivity index (χ3v) is 2.71. The lowest BCUT2D eigenvalue weighted by Crippen LogP contribution is -2.01. The second-order valence-electron chi connectivity index (χ2n) is 3.43. The molecule has 90 valence electrons. The summed E-state index contributed by atoms with van der Waals surface area (Å²) in [6.45, 7) is 2.78. The number of ether oxygens (including phenoxy) is 2. The van der Waals surface area contributed by atoms with Gasteiger partial charge in [0.1, 0.15) is 0 Å². The van der Waals surface area contributed by atoms with Crippen molar-refractivity contribution in [2.75, 3.05) is 13.7 Å². The number of methoxy groups -OCH3 is 1. The van der Waals surface area contributed by atoms with Crippen molar-refractivity contribution in [3.05, 3.63) is 22.7 Å². The quantitative estimate of drug-likeness (QED) is 0.563. The second kappa shape index (κ2) is 6.87. The Balaban J connectivity index is 2.93. The van der Waals surface area contributed by atoms with Crippen molar-refractivity contribution in [3.8, 4) is 11.5 Å². The Morgan fingerprint density at radius 3 is 2.62 bits per heavy atom. The molecule has 0 aliphatic carbocycles. The van der Waals surface area contributed by atoms with Crippen LogP contribution < -0.4 is 9.47 Å². The number of benzene rings is 1. The molecular weight excluding hydrogens is 247 g/mol. The number of alkyl halides is 1. The van der Waals surface area contributed by atoms with Gasteiger partial charge in [-0.1, -0.05) is 24.9 Å². The van der Waals surface area contributed by atoms with E-state index in [9.17, 15) is 0 Å². The summed E-state index contributed by atoms with van der Waals surface area (Å²) >= 11 is 11.8. The topological polar surface area (TPSA) is 18.5 Å². The van der Waals surface area contributed by atoms with Crippen molar-refractivity contribution in [2.24, 2.45) is 0 Å². The van der Waals surface area contributed by atoms with Gasteiger partial charge in [0.05, 0.1) is 19.6 Å². The summed E-state index contributed by atoms with van der Waals surface area (Å²) in [6.07, 6.45) is 2.10. The van der Waals surface area contributed by atoms with Gasteiger partial charge >= 0.3 is 0 Å². The van der Waals surface area contributed by atoms with Gasteiger partial charge < -0.3 is 9.47 Å². The van der Waals surface area contributed by atoms with Gasteiger partial charge in [-0.25, -0.2) is 0 Å². The van der Waals surface area contributed by atoms with E-state index in [4.69, 9.17) is 32.7 Å². The molecule has 0 atom stereocenters. The number of rotatable bonds is 6. The Bertz CT molecular complexity index is 315. The van der Waals surface area contributed by atoms with Crippen LogP contribution in [0.4, 0.5) is 0 Å². The van der Waals surface area contributed by atoms with E-state index >= 15 is 0 Å². The zero-order valence-corrected chi connectivity index (χ0v) is 11.1. The van der Waals surface area contributed by atoms with Crippen LogP contribution in [-0.4, -0.2) is 13.7 Å². The van der Waals surface area contributed by atoms with Gasteiger partial charge in [0.25, 0.3) is 0 Å². The van der Waals surface area contributed by atoms with Crippen LogP contribution in [0.5, 0.6) is 11.5 Å². The molecule has 0 fully saturated rings. The van der Waals surface area contributed by atoms with E-state index in [0.717, 1.165) is 18.4 Å². The highest BCUT2D eigenvalue weighted by Gasteiger charge is 2.11. The molecule has 16 heavy (non-hydrogen) atoms. The predicted molar refractivity (Wildman–Crippen MR) is 68.0 cm³/mol. The highest BCUT2D eigenvalue weighted by molar-refractivity contribution is 6.31. The van der Waals surface area contributed by atoms with E-state index in [1.165, 1.54) is 0 Å². The summed E-state index contributed by atoms with van der Waals surface area (Å²) in [7, 11) is 1.59. The highest BCUT2D eigenvalue weighted by Crippen LogP contribution is 2.35. The maximum atomic E-state index is 5.95. The normalized spacial score (nSPS) is 10.2. The predicted octanol–water partition coefficient (Wildman–Crippen LogP) is 4.27. The number of halogens is 2. The fourth-order valence-corrected chi connectivity index (χ4v) is 1.79. The Morgan fingerprint density at radius 2 is 2.06 bits per heavy atom. The molecule has 0 unspecified atom stereocenters. The molecular formula is C12H16Cl2O2. The van der Waals surface area contributed by atoms with Crippen LogP contribution in [0.2, 0.25) is 5.02 Å². The van der Waals surface area contributed by atoms with Crippen LogP contribution in [-0.2, 0) is 5.88 Å². The third-order valence-electron chi connectivity index (χ3n) is 2.20. The molecule has 0 heterocycles. The largest absolute Gasteiger partial charge is 0.493 e. The van der Waals surface area contributed by atoms with Gasteiger partial charge in [-0.2, -0.15) is 0 Å². The van der Waals surface area contributed by atoms with Crippen LogP contribution in [0.3, 0.4) is 0 Å². The van der Waals surface area contributed by atoms with E-state index < -0.39 is 0 Å². The summed E-state index contributed by atoms with van der Waals surface area (Å²) in [5.74, 6) is 1.70. The van der Waals surface area contributed by atoms with Crippen molar-refractivity contribution in [1.29, 1.82) is 0 Å². The Labute approximate surface area is 106 Å². The average Bonchev–Trinajstić information content (AvgIpc) is 2.30. The molecule has 0 radical (unpaired) electrons. The summed E-state index contributed by atoms with van der Waals surface area (Å²) in [5, 5.41) is 0.607. The van der Waals surface area contributed by atoms with E-state index in [1.54, 1.807) is 19.2 Å². The third kappa shape index (κ3) is 3.46. The summed E-state index contributed by atoms with van der Waals surface area (Å²) < 4.78 is 10.9. The fraction of sp³-hybridized carbons (Fsp3) is 0.500. The minimum atomic E-state index is 0.360. The molecule has 0 aliphatic heterocycles. The van der Waals surface area contributed by atoms with Crippen molar-refractivity contribution >= 4 is 23.2 Å². The lowest BCUT2D eigenvalue weighted by Gasteiger charge is -2.14. The first-order valence-electron chi connectivity index (χ1n) is 5.28. The van der Waals surface area contributed by atoms with Crippen LogP contribution in [0, 0.1) is 0 Å². The van der Waals surface area contributed by atoms with E-state index in [0.29, 0.717) is 29.0 Å². The highest BCUT2D eigenvalue weighted by atomic mass is 35.5. The van der Waals surface area contributed by atoms with Crippen molar-refractivity contribution in [1.82, 2.24) is 0 Å². The first-order chi connectivity index (χ1) is 7.72. The molecule has 0 saturated carbocycles. The second-order valence-corrected chi connectivity index (χ2v) is 4.14. The van der Waals surface area contributed by atoms with Gasteiger partial charge in [0.2, 0.25) is 0 Å². The molecule has 0 saturated heterocycles. The Kier molecular flexibility index (Phi) is 5.78. The zero-order chi connectivity index (χ0) is 12.0. The molecule has 1 aromatic carbocycles. The maximum absolute atomic E-state index is 5.95. The maximum Gasteiger partial charge on any atom is 0.165 e. The molecule has 0 amide bonds. The van der Waals surface area contributed by atoms with Crippen molar-refractivity contribution in [3.63, 3.8) is 0 Å². The molecule has 0 bridgehead atoms. The average molecular weight is 263 g/mol. The molecule has 0 aromatic heterocycles. The van der Waals surface area contributed by atoms with Gasteiger partial charge in [0.15, 0.2) is 11.5 Å². The lowest BCUT2D eigenvalue weighted by molar-refractivity contribution is 0.286. The van der Waals surface area contributed by atoms with Gasteiger partial charge in [-0.05, 0) is 12.5 Å². The smallest absolute Gasteiger partial charge is 0.165 e. The standard InChI is InChI=1S/C12H16Cl2O2/c1-3-4-5-16-12-9(8-13)6-10(14)7-11(12)15-2/h6-7H,3-5,8H2,1-2H3. The van der Waals surface area contributed by atoms with Crippen LogP contribution >= 0.6 is 23.2 Å². The first kappa shape index (κ1) is 13.5. The molecule has 1 aromatic rings. The molecule has 1 rings (SSSR count). The van der Waals surface area contributed by atoms with E-state index in [1.807, 2.05) is 0 Å². The van der Waals surface area contributed by atoms with Gasteiger partial charge in [0, 0.05) is 16.7 Å². The summed E-state index contributed by atoms with van der Waals surface area (Å²) in [6, 6.07) is 3.54. The number of unbranched alkanes of at least 4 members (excludes halogenated alkanes) is 1. The van der Waals surface area contributed by atoms with Gasteiger partial charge in [-0.3, -0.25) is 0 Å². The number of hydrogen-bond acceptors (Lipinski definition) is 2. The molecule has 4 heteroatoms. The lowest BCUT2D eigenvalue weighted by atomic mass is 10.2. The monoisotopic (exact) mass is 262 g/mol. The Morgan fingerprint density at radius 1 is 1.31 bits per heavy atom. The van der Waals surface area contributed by atoms with Crippen molar-refractivity contribution in [2.45, 2.75) is 25.6 Å². The summed E-state index contributed by atoms with van der Waals surface area (Å²) in [4.78, 5) is 0. The number of hydrogen-bond donors (Lipinski definition) is 0. The van der Waals surface area contributed by atoms with E-state index in [2.05, 4.69) is 6.92 Å². The fourth-order valence-electron chi connectivity index (χ4n) is 1.36. The van der Waals surface area contributed by atoms with Crippen LogP contribution in [0.25, 0.3) is 0 Å². The first-order valence-corrected chi connectivity index (χ1v) is 6.19. The minimum Gasteiger partial charge on any atom is -0.493 e. The molecule has 0 spiro atoms. The van der Waals surface area contributed by atoms with Crippen LogP contribution in [0.15, 0.2) is 12.1 Å². The summed E-state index contributed by atoms with van der Waals surface area (Å²) in [5.41, 5.74) is 0.863. The molecule has 2 nitrogen and oxygen atoms in total. The SMILES string of the molecule is CCCCOc1c(CCl)cc(Cl)cc1OC. The molecule has 0 N–H and O–H groups in total. The van der Waals surface area contributed by atoms with Crippen molar-refractivity contribution < 1.29 is 9.47 Å². The Hall–Kier alpha value is -0.600. The van der Waals surface area contributed by atoms with Crippen LogP contribution in [0.1, 0.15) is 25.3 Å². The minimum absolute atomic E-state index is 0.360.